The molecule has 1 heterocycles. The van der Waals surface area contributed by atoms with E-state index in [0.29, 0.717) is 5.92 Å². The predicted molar refractivity (Wildman–Crippen MR) is 58.6 cm³/mol. The van der Waals surface area contributed by atoms with Crippen molar-refractivity contribution in [1.82, 2.24) is 4.90 Å². The van der Waals surface area contributed by atoms with Crippen molar-refractivity contribution in [1.29, 1.82) is 0 Å². The summed E-state index contributed by atoms with van der Waals surface area (Å²) in [6, 6.07) is 0. The molecule has 2 fully saturated rings. The molecule has 0 bridgehead atoms. The summed E-state index contributed by atoms with van der Waals surface area (Å²) in [6.45, 7) is 4.58. The maximum absolute atomic E-state index is 9.41. The molecule has 4 nitrogen and oxygen atoms in total. The van der Waals surface area contributed by atoms with Crippen LogP contribution >= 0.6 is 0 Å². The molecule has 1 aliphatic heterocycles. The van der Waals surface area contributed by atoms with Gasteiger partial charge in [0.25, 0.3) is 0 Å². The minimum absolute atomic E-state index is 0.106. The Kier molecular flexibility index (Phi) is 3.61. The topological polar surface area (TPSA) is 58.7 Å². The Morgan fingerprint density at radius 1 is 1.33 bits per heavy atom. The zero-order valence-electron chi connectivity index (χ0n) is 9.32. The van der Waals surface area contributed by atoms with E-state index in [4.69, 9.17) is 10.5 Å². The molecule has 1 unspecified atom stereocenters. The van der Waals surface area contributed by atoms with Crippen LogP contribution in [-0.2, 0) is 4.74 Å². The Labute approximate surface area is 91.4 Å². The fourth-order valence-electron chi connectivity index (χ4n) is 2.34. The first-order chi connectivity index (χ1) is 7.24. The van der Waals surface area contributed by atoms with Crippen LogP contribution in [0, 0.1) is 5.92 Å². The first-order valence-corrected chi connectivity index (χ1v) is 5.94. The Hall–Kier alpha value is -0.160. The molecule has 2 rings (SSSR count). The minimum atomic E-state index is -0.371. The molecule has 1 saturated carbocycles. The van der Waals surface area contributed by atoms with E-state index >= 15 is 0 Å². The largest absolute Gasteiger partial charge is 0.394 e. The third-order valence-electron chi connectivity index (χ3n) is 3.52. The molecular weight excluding hydrogens is 192 g/mol. The van der Waals surface area contributed by atoms with Crippen molar-refractivity contribution in [2.45, 2.75) is 24.8 Å². The highest BCUT2D eigenvalue weighted by atomic mass is 16.5. The third-order valence-corrected chi connectivity index (χ3v) is 3.52. The normalized spacial score (nSPS) is 28.4. The summed E-state index contributed by atoms with van der Waals surface area (Å²) < 4.78 is 5.40. The molecule has 0 spiro atoms. The molecule has 2 aliphatic rings. The SMILES string of the molecule is NC(CO)(CN1CCCOCC1)C1CC1. The maximum Gasteiger partial charge on any atom is 0.0626 e. The van der Waals surface area contributed by atoms with Crippen LogP contribution < -0.4 is 5.73 Å². The van der Waals surface area contributed by atoms with Gasteiger partial charge in [0.05, 0.1) is 18.8 Å². The van der Waals surface area contributed by atoms with E-state index in [-0.39, 0.29) is 12.1 Å². The second-order valence-corrected chi connectivity index (χ2v) is 4.91. The lowest BCUT2D eigenvalue weighted by molar-refractivity contribution is 0.109. The number of nitrogens with zero attached hydrogens (tertiary/aromatic N) is 1. The fraction of sp³-hybridized carbons (Fsp3) is 1.00. The van der Waals surface area contributed by atoms with Gasteiger partial charge in [-0.05, 0) is 25.2 Å². The predicted octanol–water partition coefficient (Wildman–Crippen LogP) is -0.192. The van der Waals surface area contributed by atoms with E-state index < -0.39 is 0 Å². The Morgan fingerprint density at radius 3 is 2.80 bits per heavy atom. The van der Waals surface area contributed by atoms with Crippen LogP contribution in [0.15, 0.2) is 0 Å². The molecule has 0 aromatic rings. The minimum Gasteiger partial charge on any atom is -0.394 e. The quantitative estimate of drug-likeness (QED) is 0.681. The zero-order chi connectivity index (χ0) is 10.7. The monoisotopic (exact) mass is 214 g/mol. The zero-order valence-corrected chi connectivity index (χ0v) is 9.32. The molecular formula is C11H22N2O2. The van der Waals surface area contributed by atoms with E-state index in [9.17, 15) is 5.11 Å². The third kappa shape index (κ3) is 2.91. The van der Waals surface area contributed by atoms with Crippen molar-refractivity contribution in [3.8, 4) is 0 Å². The number of aliphatic hydroxyl groups is 1. The van der Waals surface area contributed by atoms with E-state index in [1.807, 2.05) is 0 Å². The molecule has 0 radical (unpaired) electrons. The van der Waals surface area contributed by atoms with Gasteiger partial charge in [-0.25, -0.2) is 0 Å². The van der Waals surface area contributed by atoms with Gasteiger partial charge in [0.2, 0.25) is 0 Å². The number of rotatable bonds is 4. The van der Waals surface area contributed by atoms with E-state index in [2.05, 4.69) is 4.90 Å². The average Bonchev–Trinajstić information content (AvgIpc) is 3.05. The second kappa shape index (κ2) is 4.78. The van der Waals surface area contributed by atoms with Crippen LogP contribution in [0.5, 0.6) is 0 Å². The summed E-state index contributed by atoms with van der Waals surface area (Å²) in [5.41, 5.74) is 5.88. The molecule has 0 aromatic carbocycles. The van der Waals surface area contributed by atoms with Crippen molar-refractivity contribution in [3.05, 3.63) is 0 Å². The second-order valence-electron chi connectivity index (χ2n) is 4.91. The van der Waals surface area contributed by atoms with Gasteiger partial charge in [-0.1, -0.05) is 0 Å². The summed E-state index contributed by atoms with van der Waals surface area (Å²) in [5.74, 6) is 0.534. The van der Waals surface area contributed by atoms with Crippen molar-refractivity contribution >= 4 is 0 Å². The smallest absolute Gasteiger partial charge is 0.0626 e. The standard InChI is InChI=1S/C11H22N2O2/c12-11(9-14,10-2-3-10)8-13-4-1-6-15-7-5-13/h10,14H,1-9,12H2. The lowest BCUT2D eigenvalue weighted by Crippen LogP contribution is -2.55. The van der Waals surface area contributed by atoms with Crippen LogP contribution in [-0.4, -0.2) is 55.0 Å². The lowest BCUT2D eigenvalue weighted by atomic mass is 9.95. The highest BCUT2D eigenvalue weighted by molar-refractivity contribution is 5.00. The first kappa shape index (κ1) is 11.3. The fourth-order valence-corrected chi connectivity index (χ4v) is 2.34. The summed E-state index contributed by atoms with van der Waals surface area (Å²) in [6.07, 6.45) is 3.44. The van der Waals surface area contributed by atoms with Gasteiger partial charge in [-0.3, -0.25) is 4.90 Å². The van der Waals surface area contributed by atoms with Crippen molar-refractivity contribution in [2.75, 3.05) is 39.5 Å². The molecule has 1 saturated heterocycles. The van der Waals surface area contributed by atoms with Crippen molar-refractivity contribution in [3.63, 3.8) is 0 Å². The highest BCUT2D eigenvalue weighted by Crippen LogP contribution is 2.38. The molecule has 1 aliphatic carbocycles. The number of ether oxygens (including phenoxy) is 1. The van der Waals surface area contributed by atoms with Crippen LogP contribution in [0.4, 0.5) is 0 Å². The number of aliphatic hydroxyl groups excluding tert-OH is 1. The summed E-state index contributed by atoms with van der Waals surface area (Å²) in [5, 5.41) is 9.41. The van der Waals surface area contributed by atoms with E-state index in [0.717, 1.165) is 39.3 Å². The molecule has 4 heteroatoms. The van der Waals surface area contributed by atoms with Crippen LogP contribution in [0.2, 0.25) is 0 Å². The number of nitrogens with two attached hydrogens (primary N) is 1. The molecule has 3 N–H and O–H groups in total. The highest BCUT2D eigenvalue weighted by Gasteiger charge is 2.42. The van der Waals surface area contributed by atoms with Gasteiger partial charge in [0, 0.05) is 26.2 Å². The molecule has 15 heavy (non-hydrogen) atoms. The lowest BCUT2D eigenvalue weighted by Gasteiger charge is -2.33. The van der Waals surface area contributed by atoms with Gasteiger partial charge < -0.3 is 15.6 Å². The molecule has 88 valence electrons. The van der Waals surface area contributed by atoms with Crippen LogP contribution in [0.25, 0.3) is 0 Å². The van der Waals surface area contributed by atoms with Gasteiger partial charge in [0.1, 0.15) is 0 Å². The first-order valence-electron chi connectivity index (χ1n) is 5.94. The van der Waals surface area contributed by atoms with E-state index in [1.54, 1.807) is 0 Å². The van der Waals surface area contributed by atoms with Crippen LogP contribution in [0.1, 0.15) is 19.3 Å². The van der Waals surface area contributed by atoms with Gasteiger partial charge >= 0.3 is 0 Å². The summed E-state index contributed by atoms with van der Waals surface area (Å²) >= 11 is 0. The molecule has 1 atom stereocenters. The Morgan fingerprint density at radius 2 is 2.13 bits per heavy atom. The summed E-state index contributed by atoms with van der Waals surface area (Å²) in [4.78, 5) is 2.33. The van der Waals surface area contributed by atoms with Crippen molar-refractivity contribution in [2.24, 2.45) is 11.7 Å². The van der Waals surface area contributed by atoms with Gasteiger partial charge in [-0.15, -0.1) is 0 Å². The van der Waals surface area contributed by atoms with Gasteiger partial charge in [0.15, 0.2) is 0 Å². The Bertz CT molecular complexity index is 201. The number of hydrogen-bond acceptors (Lipinski definition) is 4. The average molecular weight is 214 g/mol. The van der Waals surface area contributed by atoms with Crippen LogP contribution in [0.3, 0.4) is 0 Å². The van der Waals surface area contributed by atoms with Crippen molar-refractivity contribution < 1.29 is 9.84 Å². The number of hydrogen-bond donors (Lipinski definition) is 2. The molecule has 0 aromatic heterocycles. The Balaban J connectivity index is 1.87. The van der Waals surface area contributed by atoms with Gasteiger partial charge in [-0.2, -0.15) is 0 Å². The molecule has 0 amide bonds. The maximum atomic E-state index is 9.41. The van der Waals surface area contributed by atoms with E-state index in [1.165, 1.54) is 12.8 Å². The summed E-state index contributed by atoms with van der Waals surface area (Å²) in [7, 11) is 0.